The number of nitrogens with zero attached hydrogens (tertiary/aromatic N) is 2. The van der Waals surface area contributed by atoms with Crippen LogP contribution < -0.4 is 5.32 Å². The van der Waals surface area contributed by atoms with E-state index < -0.39 is 0 Å². The Kier molecular flexibility index (Phi) is 3.68. The van der Waals surface area contributed by atoms with Crippen molar-refractivity contribution in [3.05, 3.63) is 35.0 Å². The van der Waals surface area contributed by atoms with Crippen molar-refractivity contribution in [1.82, 2.24) is 4.98 Å². The van der Waals surface area contributed by atoms with Crippen LogP contribution in [0.4, 0.5) is 5.69 Å². The van der Waals surface area contributed by atoms with Crippen LogP contribution in [0.3, 0.4) is 0 Å². The van der Waals surface area contributed by atoms with E-state index in [4.69, 9.17) is 0 Å². The molecule has 0 aliphatic rings. The lowest BCUT2D eigenvalue weighted by Gasteiger charge is -2.16. The maximum absolute atomic E-state index is 9.21. The molecule has 1 heterocycles. The lowest BCUT2D eigenvalue weighted by molar-refractivity contribution is 0.281. The predicted octanol–water partition coefficient (Wildman–Crippen LogP) is 2.52. The third kappa shape index (κ3) is 2.51. The third-order valence-electron chi connectivity index (χ3n) is 3.09. The molecule has 1 aromatic carbocycles. The number of rotatable bonds is 3. The first-order valence-corrected chi connectivity index (χ1v) is 6.24. The van der Waals surface area contributed by atoms with Crippen LogP contribution in [0, 0.1) is 25.2 Å². The zero-order valence-electron chi connectivity index (χ0n) is 11.4. The first-order valence-electron chi connectivity index (χ1n) is 6.24. The van der Waals surface area contributed by atoms with E-state index in [1.54, 1.807) is 6.20 Å². The maximum atomic E-state index is 9.21. The minimum Gasteiger partial charge on any atom is -0.394 e. The van der Waals surface area contributed by atoms with E-state index in [0.29, 0.717) is 5.56 Å². The summed E-state index contributed by atoms with van der Waals surface area (Å²) in [4.78, 5) is 4.36. The van der Waals surface area contributed by atoms with Crippen LogP contribution >= 0.6 is 0 Å². The van der Waals surface area contributed by atoms with Gasteiger partial charge in [-0.3, -0.25) is 4.98 Å². The second-order valence-electron chi connectivity index (χ2n) is 4.86. The molecule has 4 nitrogen and oxygen atoms in total. The standard InChI is InChI=1S/C15H17N3O/c1-9-4-10(2)14-13(5-9)15(18-11(3)8-19)12(6-16)7-17-14/h4-5,7,11,19H,8H2,1-3H3,(H,17,18)/t11-/m1/s1. The summed E-state index contributed by atoms with van der Waals surface area (Å²) in [5, 5.41) is 22.5. The topological polar surface area (TPSA) is 68.9 Å². The van der Waals surface area contributed by atoms with Crippen molar-refractivity contribution >= 4 is 16.6 Å². The summed E-state index contributed by atoms with van der Waals surface area (Å²) in [5.41, 5.74) is 4.34. The molecule has 2 rings (SSSR count). The van der Waals surface area contributed by atoms with E-state index in [2.05, 4.69) is 22.4 Å². The van der Waals surface area contributed by atoms with Crippen LogP contribution in [0.1, 0.15) is 23.6 Å². The number of aliphatic hydroxyl groups is 1. The molecule has 0 amide bonds. The van der Waals surface area contributed by atoms with E-state index in [-0.39, 0.29) is 12.6 Å². The molecule has 0 aliphatic heterocycles. The number of hydrogen-bond donors (Lipinski definition) is 2. The molecule has 19 heavy (non-hydrogen) atoms. The zero-order chi connectivity index (χ0) is 14.0. The molecule has 0 bridgehead atoms. The SMILES string of the molecule is Cc1cc(C)c2ncc(C#N)c(N[C@H](C)CO)c2c1. The highest BCUT2D eigenvalue weighted by molar-refractivity contribution is 5.96. The first kappa shape index (κ1) is 13.3. The Labute approximate surface area is 112 Å². The van der Waals surface area contributed by atoms with Gasteiger partial charge in [0.1, 0.15) is 6.07 Å². The van der Waals surface area contributed by atoms with E-state index in [1.165, 1.54) is 0 Å². The van der Waals surface area contributed by atoms with Gasteiger partial charge < -0.3 is 10.4 Å². The quantitative estimate of drug-likeness (QED) is 0.884. The second-order valence-corrected chi connectivity index (χ2v) is 4.86. The van der Waals surface area contributed by atoms with Crippen LogP contribution in [0.2, 0.25) is 0 Å². The molecule has 98 valence electrons. The summed E-state index contributed by atoms with van der Waals surface area (Å²) in [7, 11) is 0. The summed E-state index contributed by atoms with van der Waals surface area (Å²) in [5.74, 6) is 0. The fourth-order valence-electron chi connectivity index (χ4n) is 2.19. The Hall–Kier alpha value is -2.12. The number of nitrogens with one attached hydrogen (secondary N) is 1. The van der Waals surface area contributed by atoms with Gasteiger partial charge in [-0.2, -0.15) is 5.26 Å². The summed E-state index contributed by atoms with van der Waals surface area (Å²) in [6, 6.07) is 6.12. The summed E-state index contributed by atoms with van der Waals surface area (Å²) in [6.07, 6.45) is 1.58. The maximum Gasteiger partial charge on any atom is 0.103 e. The van der Waals surface area contributed by atoms with E-state index in [0.717, 1.165) is 27.7 Å². The van der Waals surface area contributed by atoms with Crippen LogP contribution in [-0.4, -0.2) is 22.7 Å². The van der Waals surface area contributed by atoms with Gasteiger partial charge in [0.15, 0.2) is 0 Å². The van der Waals surface area contributed by atoms with Gasteiger partial charge in [0.05, 0.1) is 23.4 Å². The normalized spacial score (nSPS) is 12.2. The van der Waals surface area contributed by atoms with Gasteiger partial charge in [-0.1, -0.05) is 11.6 Å². The number of aromatic nitrogens is 1. The first-order chi connectivity index (χ1) is 9.06. The molecule has 1 aromatic heterocycles. The van der Waals surface area contributed by atoms with Crippen molar-refractivity contribution in [2.45, 2.75) is 26.8 Å². The number of benzene rings is 1. The minimum absolute atomic E-state index is 0.0134. The molecule has 0 radical (unpaired) electrons. The number of nitriles is 1. The van der Waals surface area contributed by atoms with Crippen molar-refractivity contribution in [3.8, 4) is 6.07 Å². The molecular weight excluding hydrogens is 238 g/mol. The van der Waals surface area contributed by atoms with Gasteiger partial charge in [0.2, 0.25) is 0 Å². The molecule has 2 N–H and O–H groups in total. The molecule has 0 unspecified atom stereocenters. The van der Waals surface area contributed by atoms with Crippen molar-refractivity contribution in [3.63, 3.8) is 0 Å². The van der Waals surface area contributed by atoms with E-state index in [1.807, 2.05) is 26.8 Å². The number of aryl methyl sites for hydroxylation is 2. The van der Waals surface area contributed by atoms with Crippen molar-refractivity contribution in [2.75, 3.05) is 11.9 Å². The van der Waals surface area contributed by atoms with Gasteiger partial charge in [-0.25, -0.2) is 0 Å². The fourth-order valence-corrected chi connectivity index (χ4v) is 2.19. The number of anilines is 1. The number of hydrogen-bond acceptors (Lipinski definition) is 4. The number of fused-ring (bicyclic) bond motifs is 1. The lowest BCUT2D eigenvalue weighted by atomic mass is 10.0. The smallest absolute Gasteiger partial charge is 0.103 e. The summed E-state index contributed by atoms with van der Waals surface area (Å²) in [6.45, 7) is 5.91. The Morgan fingerprint density at radius 3 is 2.79 bits per heavy atom. The van der Waals surface area contributed by atoms with Crippen LogP contribution in [0.5, 0.6) is 0 Å². The number of aliphatic hydroxyl groups excluding tert-OH is 1. The van der Waals surface area contributed by atoms with Gasteiger partial charge in [-0.15, -0.1) is 0 Å². The van der Waals surface area contributed by atoms with E-state index in [9.17, 15) is 10.4 Å². The monoisotopic (exact) mass is 255 g/mol. The highest BCUT2D eigenvalue weighted by Crippen LogP contribution is 2.29. The molecule has 0 aliphatic carbocycles. The molecule has 0 spiro atoms. The average molecular weight is 255 g/mol. The van der Waals surface area contributed by atoms with Gasteiger partial charge in [0.25, 0.3) is 0 Å². The Morgan fingerprint density at radius 2 is 2.16 bits per heavy atom. The molecule has 2 aromatic rings. The van der Waals surface area contributed by atoms with E-state index >= 15 is 0 Å². The molecule has 4 heteroatoms. The molecule has 1 atom stereocenters. The third-order valence-corrected chi connectivity index (χ3v) is 3.09. The molecule has 0 fully saturated rings. The largest absolute Gasteiger partial charge is 0.394 e. The van der Waals surface area contributed by atoms with Crippen molar-refractivity contribution in [2.24, 2.45) is 0 Å². The Bertz CT molecular complexity index is 658. The predicted molar refractivity (Wildman–Crippen MR) is 76.1 cm³/mol. The fraction of sp³-hybridized carbons (Fsp3) is 0.333. The highest BCUT2D eigenvalue weighted by atomic mass is 16.3. The van der Waals surface area contributed by atoms with Crippen LogP contribution in [0.25, 0.3) is 10.9 Å². The van der Waals surface area contributed by atoms with Crippen molar-refractivity contribution in [1.29, 1.82) is 5.26 Å². The van der Waals surface area contributed by atoms with Crippen molar-refractivity contribution < 1.29 is 5.11 Å². The minimum atomic E-state index is -0.112. The van der Waals surface area contributed by atoms with Gasteiger partial charge in [0, 0.05) is 17.6 Å². The molecule has 0 saturated carbocycles. The van der Waals surface area contributed by atoms with Crippen LogP contribution in [0.15, 0.2) is 18.3 Å². The van der Waals surface area contributed by atoms with Crippen LogP contribution in [-0.2, 0) is 0 Å². The summed E-state index contributed by atoms with van der Waals surface area (Å²) >= 11 is 0. The lowest BCUT2D eigenvalue weighted by Crippen LogP contribution is -2.20. The summed E-state index contributed by atoms with van der Waals surface area (Å²) < 4.78 is 0. The highest BCUT2D eigenvalue weighted by Gasteiger charge is 2.12. The Morgan fingerprint density at radius 1 is 1.42 bits per heavy atom. The molecule has 0 saturated heterocycles. The Balaban J connectivity index is 2.72. The number of pyridine rings is 1. The molecular formula is C15H17N3O. The average Bonchev–Trinajstić information content (AvgIpc) is 2.39. The van der Waals surface area contributed by atoms with Gasteiger partial charge in [-0.05, 0) is 32.4 Å². The zero-order valence-corrected chi connectivity index (χ0v) is 11.4. The van der Waals surface area contributed by atoms with Gasteiger partial charge >= 0.3 is 0 Å². The second kappa shape index (κ2) is 5.25.